The van der Waals surface area contributed by atoms with Crippen molar-refractivity contribution in [2.24, 2.45) is 0 Å². The van der Waals surface area contributed by atoms with Crippen LogP contribution in [0.25, 0.3) is 27.7 Å². The number of likely N-dealkylation sites (tertiary alicyclic amines) is 1. The lowest BCUT2D eigenvalue weighted by Gasteiger charge is -2.43. The van der Waals surface area contributed by atoms with Gasteiger partial charge in [-0.1, -0.05) is 6.07 Å². The molecule has 0 saturated carbocycles. The average Bonchev–Trinajstić information content (AvgIpc) is 3.24. The molecule has 4 aromatic rings. The number of hydrogen-bond acceptors (Lipinski definition) is 7. The second-order valence-corrected chi connectivity index (χ2v) is 11.4. The molecule has 3 aromatic heterocycles. The van der Waals surface area contributed by atoms with Crippen LogP contribution in [0, 0.1) is 6.92 Å². The van der Waals surface area contributed by atoms with Crippen LogP contribution in [0.15, 0.2) is 42.7 Å². The molecule has 8 heteroatoms. The molecule has 1 aromatic carbocycles. The Morgan fingerprint density at radius 2 is 1.58 bits per heavy atom. The number of imidazole rings is 1. The molecule has 198 valence electrons. The second kappa shape index (κ2) is 9.50. The van der Waals surface area contributed by atoms with Crippen LogP contribution >= 0.6 is 0 Å². The number of fused-ring (bicyclic) bond motifs is 3. The number of ether oxygens (including phenoxy) is 1. The fraction of sp³-hybridized carbons (Fsp3) is 0.500. The molecule has 3 fully saturated rings. The van der Waals surface area contributed by atoms with Gasteiger partial charge in [0.05, 0.1) is 40.6 Å². The van der Waals surface area contributed by atoms with Gasteiger partial charge in [-0.25, -0.2) is 9.97 Å². The number of rotatable bonds is 4. The summed E-state index contributed by atoms with van der Waals surface area (Å²) in [6.45, 7) is 12.7. The third-order valence-electron chi connectivity index (χ3n) is 8.60. The largest absolute Gasteiger partial charge is 0.372 e. The Hall–Kier alpha value is -3.23. The first-order valence-electron chi connectivity index (χ1n) is 14.2. The SMILES string of the molecule is Cc1nc(N2C[C@@H](C)O[C@@H](C)C2)n2c1cnc1ccc(-c3ccc(N4CCC(N5CCC5)CC4)nc3)cc12. The Bertz CT molecular complexity index is 1440. The minimum Gasteiger partial charge on any atom is -0.372 e. The molecule has 3 aliphatic heterocycles. The van der Waals surface area contributed by atoms with E-state index in [1.165, 1.54) is 32.4 Å². The number of pyridine rings is 1. The quantitative estimate of drug-likeness (QED) is 0.399. The van der Waals surface area contributed by atoms with Crippen LogP contribution in [0.2, 0.25) is 0 Å². The summed E-state index contributed by atoms with van der Waals surface area (Å²) in [7, 11) is 0. The highest BCUT2D eigenvalue weighted by Crippen LogP contribution is 2.31. The van der Waals surface area contributed by atoms with E-state index in [0.717, 1.165) is 77.4 Å². The zero-order valence-electron chi connectivity index (χ0n) is 22.7. The molecule has 0 radical (unpaired) electrons. The van der Waals surface area contributed by atoms with Gasteiger partial charge >= 0.3 is 0 Å². The summed E-state index contributed by atoms with van der Waals surface area (Å²) in [6, 6.07) is 11.7. The van der Waals surface area contributed by atoms with E-state index in [0.29, 0.717) is 0 Å². The molecule has 3 saturated heterocycles. The topological polar surface area (TPSA) is 62.0 Å². The summed E-state index contributed by atoms with van der Waals surface area (Å²) in [5.41, 5.74) is 6.34. The number of piperidine rings is 1. The van der Waals surface area contributed by atoms with Gasteiger partial charge in [-0.15, -0.1) is 0 Å². The molecule has 38 heavy (non-hydrogen) atoms. The molecular formula is C30H37N7O. The van der Waals surface area contributed by atoms with Crippen LogP contribution in [-0.2, 0) is 4.74 Å². The van der Waals surface area contributed by atoms with Gasteiger partial charge in [0, 0.05) is 44.0 Å². The molecule has 0 unspecified atom stereocenters. The number of benzene rings is 1. The van der Waals surface area contributed by atoms with E-state index < -0.39 is 0 Å². The van der Waals surface area contributed by atoms with Crippen molar-refractivity contribution in [3.8, 4) is 11.1 Å². The monoisotopic (exact) mass is 511 g/mol. The van der Waals surface area contributed by atoms with Crippen LogP contribution < -0.4 is 9.80 Å². The van der Waals surface area contributed by atoms with Gasteiger partial charge in [-0.3, -0.25) is 9.38 Å². The Morgan fingerprint density at radius 1 is 0.816 bits per heavy atom. The summed E-state index contributed by atoms with van der Waals surface area (Å²) in [4.78, 5) is 22.1. The maximum atomic E-state index is 5.99. The van der Waals surface area contributed by atoms with Gasteiger partial charge in [0.1, 0.15) is 5.82 Å². The van der Waals surface area contributed by atoms with E-state index in [-0.39, 0.29) is 12.2 Å². The number of morpholine rings is 1. The maximum Gasteiger partial charge on any atom is 0.211 e. The van der Waals surface area contributed by atoms with Crippen molar-refractivity contribution in [1.29, 1.82) is 0 Å². The first-order valence-corrected chi connectivity index (χ1v) is 14.2. The molecule has 3 aliphatic rings. The van der Waals surface area contributed by atoms with E-state index in [4.69, 9.17) is 19.7 Å². The van der Waals surface area contributed by atoms with Gasteiger partial charge in [0.25, 0.3) is 0 Å². The smallest absolute Gasteiger partial charge is 0.211 e. The van der Waals surface area contributed by atoms with Crippen molar-refractivity contribution in [2.45, 2.75) is 58.3 Å². The van der Waals surface area contributed by atoms with Crippen LogP contribution in [-0.4, -0.2) is 81.8 Å². The van der Waals surface area contributed by atoms with E-state index in [1.807, 2.05) is 12.4 Å². The lowest BCUT2D eigenvalue weighted by Crippen LogP contribution is -2.50. The summed E-state index contributed by atoms with van der Waals surface area (Å²) in [5, 5.41) is 0. The molecule has 0 amide bonds. The van der Waals surface area contributed by atoms with Crippen molar-refractivity contribution in [1.82, 2.24) is 24.3 Å². The molecule has 0 N–H and O–H groups in total. The van der Waals surface area contributed by atoms with E-state index in [9.17, 15) is 0 Å². The Kier molecular flexibility index (Phi) is 5.97. The highest BCUT2D eigenvalue weighted by atomic mass is 16.5. The predicted octanol–water partition coefficient (Wildman–Crippen LogP) is 4.54. The van der Waals surface area contributed by atoms with Crippen molar-refractivity contribution in [3.63, 3.8) is 0 Å². The number of aryl methyl sites for hydroxylation is 1. The first-order chi connectivity index (χ1) is 18.5. The zero-order chi connectivity index (χ0) is 25.8. The number of hydrogen-bond donors (Lipinski definition) is 0. The highest BCUT2D eigenvalue weighted by molar-refractivity contribution is 5.85. The van der Waals surface area contributed by atoms with Crippen molar-refractivity contribution in [2.75, 3.05) is 49.1 Å². The molecule has 0 spiro atoms. The fourth-order valence-electron chi connectivity index (χ4n) is 6.50. The maximum absolute atomic E-state index is 5.99. The predicted molar refractivity (Wildman–Crippen MR) is 152 cm³/mol. The minimum absolute atomic E-state index is 0.168. The van der Waals surface area contributed by atoms with Gasteiger partial charge in [-0.2, -0.15) is 0 Å². The van der Waals surface area contributed by atoms with Crippen molar-refractivity contribution < 1.29 is 4.74 Å². The molecule has 0 bridgehead atoms. The summed E-state index contributed by atoms with van der Waals surface area (Å²) >= 11 is 0. The number of aromatic nitrogens is 4. The van der Waals surface area contributed by atoms with Crippen LogP contribution in [0.1, 0.15) is 38.8 Å². The lowest BCUT2D eigenvalue weighted by molar-refractivity contribution is -0.00573. The van der Waals surface area contributed by atoms with Crippen LogP contribution in [0.5, 0.6) is 0 Å². The second-order valence-electron chi connectivity index (χ2n) is 11.4. The van der Waals surface area contributed by atoms with Gasteiger partial charge in [0.2, 0.25) is 5.95 Å². The van der Waals surface area contributed by atoms with E-state index in [2.05, 4.69) is 70.2 Å². The Morgan fingerprint density at radius 3 is 2.26 bits per heavy atom. The summed E-state index contributed by atoms with van der Waals surface area (Å²) in [6.07, 6.45) is 8.16. The molecule has 2 atom stereocenters. The van der Waals surface area contributed by atoms with E-state index >= 15 is 0 Å². The third-order valence-corrected chi connectivity index (χ3v) is 8.60. The van der Waals surface area contributed by atoms with Crippen molar-refractivity contribution in [3.05, 3.63) is 48.4 Å². The van der Waals surface area contributed by atoms with Crippen LogP contribution in [0.3, 0.4) is 0 Å². The molecular weight excluding hydrogens is 474 g/mol. The molecule has 0 aliphatic carbocycles. The normalized spacial score (nSPS) is 23.3. The summed E-state index contributed by atoms with van der Waals surface area (Å²) in [5.74, 6) is 2.06. The average molecular weight is 512 g/mol. The Balaban J connectivity index is 1.19. The third kappa shape index (κ3) is 4.20. The summed E-state index contributed by atoms with van der Waals surface area (Å²) < 4.78 is 8.27. The van der Waals surface area contributed by atoms with Gasteiger partial charge in [0.15, 0.2) is 0 Å². The Labute approximate surface area is 224 Å². The minimum atomic E-state index is 0.168. The lowest BCUT2D eigenvalue weighted by atomic mass is 9.99. The van der Waals surface area contributed by atoms with Gasteiger partial charge < -0.3 is 19.4 Å². The van der Waals surface area contributed by atoms with Crippen LogP contribution in [0.4, 0.5) is 11.8 Å². The molecule has 7 rings (SSSR count). The first kappa shape index (κ1) is 23.9. The molecule has 6 heterocycles. The molecule has 8 nitrogen and oxygen atoms in total. The fourth-order valence-corrected chi connectivity index (χ4v) is 6.50. The van der Waals surface area contributed by atoms with E-state index in [1.54, 1.807) is 0 Å². The standard InChI is InChI=1S/C30H37N7O/c1-20-18-36(19-21(2)38-20)30-33-22(3)28-17-31-26-7-5-23(15-27(26)37(28)30)24-6-8-29(32-16-24)35-13-9-25(10-14-35)34-11-4-12-34/h5-8,15-17,20-21,25H,4,9-14,18-19H2,1-3H3/t20-,21+. The number of anilines is 2. The van der Waals surface area contributed by atoms with Crippen molar-refractivity contribution >= 4 is 28.3 Å². The number of nitrogens with zero attached hydrogens (tertiary/aromatic N) is 7. The highest BCUT2D eigenvalue weighted by Gasteiger charge is 2.29. The van der Waals surface area contributed by atoms with Gasteiger partial charge in [-0.05, 0) is 83.0 Å². The zero-order valence-corrected chi connectivity index (χ0v) is 22.7.